The molecule has 0 unspecified atom stereocenters. The molecule has 2 aromatic carbocycles. The van der Waals surface area contributed by atoms with Crippen molar-refractivity contribution in [2.45, 2.75) is 33.3 Å². The van der Waals surface area contributed by atoms with Crippen LogP contribution in [0.3, 0.4) is 0 Å². The summed E-state index contributed by atoms with van der Waals surface area (Å²) in [6.45, 7) is 9.86. The fraction of sp³-hybridized carbons (Fsp3) is 0.480. The minimum Gasteiger partial charge on any atom is -0.492 e. The molecule has 0 radical (unpaired) electrons. The van der Waals surface area contributed by atoms with Crippen molar-refractivity contribution in [3.8, 4) is 11.5 Å². The third-order valence-electron chi connectivity index (χ3n) is 5.24. The number of rotatable bonds is 11. The first kappa shape index (κ1) is 23.1. The summed E-state index contributed by atoms with van der Waals surface area (Å²) >= 11 is 0. The van der Waals surface area contributed by atoms with Gasteiger partial charge in [0.2, 0.25) is 0 Å². The molecule has 6 heteroatoms. The second-order valence-electron chi connectivity index (χ2n) is 7.64. The zero-order chi connectivity index (χ0) is 21.9. The highest BCUT2D eigenvalue weighted by Crippen LogP contribution is 2.22. The Hall–Kier alpha value is -2.57. The van der Waals surface area contributed by atoms with Gasteiger partial charge in [0.25, 0.3) is 0 Å². The van der Waals surface area contributed by atoms with Crippen LogP contribution < -0.4 is 9.47 Å². The van der Waals surface area contributed by atoms with Crippen molar-refractivity contribution in [3.05, 3.63) is 59.2 Å². The molecule has 0 amide bonds. The van der Waals surface area contributed by atoms with Crippen LogP contribution in [0, 0.1) is 6.92 Å². The number of carbonyl (C=O) groups excluding carboxylic acids is 1. The molecule has 2 aromatic rings. The molecule has 1 aliphatic heterocycles. The number of hydrogen-bond donors (Lipinski definition) is 0. The van der Waals surface area contributed by atoms with Gasteiger partial charge in [-0.2, -0.15) is 0 Å². The first-order valence-corrected chi connectivity index (χ1v) is 11.0. The molecule has 0 saturated carbocycles. The molecule has 31 heavy (non-hydrogen) atoms. The maximum atomic E-state index is 11.5. The van der Waals surface area contributed by atoms with Crippen LogP contribution in [0.25, 0.3) is 0 Å². The molecule has 1 heterocycles. The van der Waals surface area contributed by atoms with Gasteiger partial charge in [-0.1, -0.05) is 24.3 Å². The Morgan fingerprint density at radius 1 is 1.06 bits per heavy atom. The van der Waals surface area contributed by atoms with Gasteiger partial charge in [0, 0.05) is 26.1 Å². The minimum absolute atomic E-state index is 0.160. The Kier molecular flexibility index (Phi) is 9.18. The molecule has 1 aliphatic rings. The molecule has 3 rings (SSSR count). The van der Waals surface area contributed by atoms with Gasteiger partial charge in [-0.15, -0.1) is 0 Å². The van der Waals surface area contributed by atoms with Gasteiger partial charge in [-0.25, -0.2) is 0 Å². The summed E-state index contributed by atoms with van der Waals surface area (Å²) in [5.41, 5.74) is 3.22. The standard InChI is InChI=1S/C25H33NO5/c1-3-29-25(27)10-8-21-7-9-24(20(2)17-21)31-19-22-5-4-6-23(18-22)30-16-13-26-11-14-28-15-12-26/h4-7,9,17-18H,3,8,10-16,19H2,1-2H3. The van der Waals surface area contributed by atoms with Crippen LogP contribution in [0.1, 0.15) is 30.0 Å². The normalized spacial score (nSPS) is 14.3. The number of benzene rings is 2. The second-order valence-corrected chi connectivity index (χ2v) is 7.64. The van der Waals surface area contributed by atoms with E-state index in [4.69, 9.17) is 18.9 Å². The van der Waals surface area contributed by atoms with Crippen molar-refractivity contribution in [2.24, 2.45) is 0 Å². The Bertz CT molecular complexity index is 832. The van der Waals surface area contributed by atoms with Gasteiger partial charge in [0.05, 0.1) is 19.8 Å². The Labute approximate surface area is 185 Å². The van der Waals surface area contributed by atoms with Crippen molar-refractivity contribution in [1.82, 2.24) is 4.90 Å². The molecular formula is C25H33NO5. The number of ether oxygens (including phenoxy) is 4. The summed E-state index contributed by atoms with van der Waals surface area (Å²) in [6.07, 6.45) is 1.07. The lowest BCUT2D eigenvalue weighted by Crippen LogP contribution is -2.38. The predicted octanol–water partition coefficient (Wildman–Crippen LogP) is 3.78. The number of carbonyl (C=O) groups is 1. The van der Waals surface area contributed by atoms with Crippen LogP contribution in [0.2, 0.25) is 0 Å². The van der Waals surface area contributed by atoms with Crippen LogP contribution in [0.4, 0.5) is 0 Å². The molecule has 6 nitrogen and oxygen atoms in total. The van der Waals surface area contributed by atoms with E-state index in [1.165, 1.54) is 0 Å². The van der Waals surface area contributed by atoms with E-state index < -0.39 is 0 Å². The van der Waals surface area contributed by atoms with Gasteiger partial charge in [0.15, 0.2) is 0 Å². The summed E-state index contributed by atoms with van der Waals surface area (Å²) in [5.74, 6) is 1.55. The third-order valence-corrected chi connectivity index (χ3v) is 5.24. The second kappa shape index (κ2) is 12.3. The van der Waals surface area contributed by atoms with Gasteiger partial charge in [-0.3, -0.25) is 9.69 Å². The molecule has 1 saturated heterocycles. The SMILES string of the molecule is CCOC(=O)CCc1ccc(OCc2cccc(OCCN3CCOCC3)c2)c(C)c1. The molecule has 0 spiro atoms. The molecule has 0 aromatic heterocycles. The monoisotopic (exact) mass is 427 g/mol. The first-order valence-electron chi connectivity index (χ1n) is 11.0. The zero-order valence-corrected chi connectivity index (χ0v) is 18.6. The largest absolute Gasteiger partial charge is 0.492 e. The molecule has 0 N–H and O–H groups in total. The fourth-order valence-corrected chi connectivity index (χ4v) is 3.51. The zero-order valence-electron chi connectivity index (χ0n) is 18.6. The Morgan fingerprint density at radius 3 is 2.68 bits per heavy atom. The van der Waals surface area contributed by atoms with Gasteiger partial charge >= 0.3 is 5.97 Å². The highest BCUT2D eigenvalue weighted by molar-refractivity contribution is 5.69. The Balaban J connectivity index is 1.45. The first-order chi connectivity index (χ1) is 15.1. The Morgan fingerprint density at radius 2 is 1.90 bits per heavy atom. The maximum absolute atomic E-state index is 11.5. The topological polar surface area (TPSA) is 57.2 Å². The van der Waals surface area contributed by atoms with Gasteiger partial charge < -0.3 is 18.9 Å². The summed E-state index contributed by atoms with van der Waals surface area (Å²) < 4.78 is 22.3. The average Bonchev–Trinajstić information content (AvgIpc) is 2.78. The van der Waals surface area contributed by atoms with E-state index in [-0.39, 0.29) is 5.97 Å². The quantitative estimate of drug-likeness (QED) is 0.509. The van der Waals surface area contributed by atoms with Crippen LogP contribution in [-0.4, -0.2) is 56.9 Å². The third kappa shape index (κ3) is 7.89. The van der Waals surface area contributed by atoms with Crippen molar-refractivity contribution >= 4 is 5.97 Å². The summed E-state index contributed by atoms with van der Waals surface area (Å²) in [5, 5.41) is 0. The molecular weight excluding hydrogens is 394 g/mol. The van der Waals surface area contributed by atoms with Crippen LogP contribution in [-0.2, 0) is 27.3 Å². The summed E-state index contributed by atoms with van der Waals surface area (Å²) in [7, 11) is 0. The van der Waals surface area contributed by atoms with Gasteiger partial charge in [-0.05, 0) is 55.2 Å². The van der Waals surface area contributed by atoms with E-state index in [2.05, 4.69) is 11.0 Å². The van der Waals surface area contributed by atoms with Crippen molar-refractivity contribution < 1.29 is 23.7 Å². The lowest BCUT2D eigenvalue weighted by Gasteiger charge is -2.26. The van der Waals surface area contributed by atoms with Gasteiger partial charge in [0.1, 0.15) is 24.7 Å². The molecule has 168 valence electrons. The van der Waals surface area contributed by atoms with Crippen molar-refractivity contribution in [3.63, 3.8) is 0 Å². The number of nitrogens with zero attached hydrogens (tertiary/aromatic N) is 1. The lowest BCUT2D eigenvalue weighted by atomic mass is 10.1. The van der Waals surface area contributed by atoms with Crippen LogP contribution in [0.15, 0.2) is 42.5 Å². The predicted molar refractivity (Wildman–Crippen MR) is 120 cm³/mol. The van der Waals surface area contributed by atoms with Crippen molar-refractivity contribution in [2.75, 3.05) is 46.1 Å². The fourth-order valence-electron chi connectivity index (χ4n) is 3.51. The number of aryl methyl sites for hydroxylation is 2. The number of esters is 1. The molecule has 0 bridgehead atoms. The number of morpholine rings is 1. The molecule has 0 atom stereocenters. The van der Waals surface area contributed by atoms with E-state index in [1.54, 1.807) is 0 Å². The van der Waals surface area contributed by atoms with E-state index in [0.29, 0.717) is 32.7 Å². The lowest BCUT2D eigenvalue weighted by molar-refractivity contribution is -0.143. The van der Waals surface area contributed by atoms with E-state index in [9.17, 15) is 4.79 Å². The van der Waals surface area contributed by atoms with E-state index >= 15 is 0 Å². The highest BCUT2D eigenvalue weighted by atomic mass is 16.5. The number of hydrogen-bond acceptors (Lipinski definition) is 6. The minimum atomic E-state index is -0.160. The van der Waals surface area contributed by atoms with Crippen molar-refractivity contribution in [1.29, 1.82) is 0 Å². The smallest absolute Gasteiger partial charge is 0.306 e. The van der Waals surface area contributed by atoms with Crippen LogP contribution >= 0.6 is 0 Å². The molecule has 1 fully saturated rings. The maximum Gasteiger partial charge on any atom is 0.306 e. The van der Waals surface area contributed by atoms with E-state index in [1.807, 2.05) is 50.2 Å². The summed E-state index contributed by atoms with van der Waals surface area (Å²) in [6, 6.07) is 14.1. The molecule has 0 aliphatic carbocycles. The summed E-state index contributed by atoms with van der Waals surface area (Å²) in [4.78, 5) is 13.9. The van der Waals surface area contributed by atoms with E-state index in [0.717, 1.165) is 61.0 Å². The highest BCUT2D eigenvalue weighted by Gasteiger charge is 2.10. The van der Waals surface area contributed by atoms with Crippen LogP contribution in [0.5, 0.6) is 11.5 Å². The average molecular weight is 428 g/mol.